The van der Waals surface area contributed by atoms with E-state index >= 15 is 0 Å². The Morgan fingerprint density at radius 3 is 2.42 bits per heavy atom. The lowest BCUT2D eigenvalue weighted by Gasteiger charge is -2.36. The summed E-state index contributed by atoms with van der Waals surface area (Å²) in [5.41, 5.74) is 3.35. The number of pyridine rings is 1. The number of nitrogens with one attached hydrogen (secondary N) is 2. The highest BCUT2D eigenvalue weighted by Gasteiger charge is 2.23. The van der Waals surface area contributed by atoms with Crippen LogP contribution in [0.3, 0.4) is 0 Å². The number of fused-ring (bicyclic) bond motifs is 1. The summed E-state index contributed by atoms with van der Waals surface area (Å²) in [7, 11) is 0. The van der Waals surface area contributed by atoms with Crippen LogP contribution in [0.2, 0.25) is 0 Å². The Morgan fingerprint density at radius 1 is 1.00 bits per heavy atom. The molecular weight excluding hydrogens is 452 g/mol. The summed E-state index contributed by atoms with van der Waals surface area (Å²) >= 11 is 0. The summed E-state index contributed by atoms with van der Waals surface area (Å²) in [4.78, 5) is 32.2. The second kappa shape index (κ2) is 11.4. The van der Waals surface area contributed by atoms with Crippen molar-refractivity contribution in [1.82, 2.24) is 4.98 Å². The molecule has 7 nitrogen and oxygen atoms in total. The number of carbonyl (C=O) groups is 2. The molecule has 4 rings (SSSR count). The first kappa shape index (κ1) is 25.5. The summed E-state index contributed by atoms with van der Waals surface area (Å²) in [5.74, 6) is 2.51. The van der Waals surface area contributed by atoms with E-state index in [-0.39, 0.29) is 24.7 Å². The third kappa shape index (κ3) is 6.33. The maximum atomic E-state index is 12.5. The lowest BCUT2D eigenvalue weighted by molar-refractivity contribution is -0.121. The zero-order valence-electron chi connectivity index (χ0n) is 21.6. The Kier molecular flexibility index (Phi) is 8.08. The predicted octanol–water partition coefficient (Wildman–Crippen LogP) is 5.78. The van der Waals surface area contributed by atoms with Crippen LogP contribution < -0.4 is 20.3 Å². The van der Waals surface area contributed by atoms with Crippen LogP contribution in [0.5, 0.6) is 5.75 Å². The van der Waals surface area contributed by atoms with Crippen LogP contribution in [0.4, 0.5) is 17.2 Å². The molecule has 2 amide bonds. The summed E-state index contributed by atoms with van der Waals surface area (Å²) in [6.07, 6.45) is 1.42. The predicted molar refractivity (Wildman–Crippen MR) is 146 cm³/mol. The smallest absolute Gasteiger partial charge is 0.224 e. The van der Waals surface area contributed by atoms with Crippen LogP contribution >= 0.6 is 0 Å². The number of rotatable bonds is 8. The monoisotopic (exact) mass is 488 g/mol. The van der Waals surface area contributed by atoms with Crippen LogP contribution in [0.15, 0.2) is 48.5 Å². The number of anilines is 3. The van der Waals surface area contributed by atoms with Gasteiger partial charge in [0, 0.05) is 37.0 Å². The topological polar surface area (TPSA) is 83.6 Å². The second-order valence-corrected chi connectivity index (χ2v) is 9.91. The van der Waals surface area contributed by atoms with E-state index < -0.39 is 0 Å². The molecule has 1 aromatic heterocycles. The minimum Gasteiger partial charge on any atom is -0.492 e. The number of hydrogen-bond acceptors (Lipinski definition) is 5. The number of amides is 2. The lowest BCUT2D eigenvalue weighted by atomic mass is 9.92. The zero-order valence-corrected chi connectivity index (χ0v) is 21.6. The maximum Gasteiger partial charge on any atom is 0.224 e. The van der Waals surface area contributed by atoms with Gasteiger partial charge in [-0.1, -0.05) is 26.0 Å². The molecule has 1 aliphatic heterocycles. The highest BCUT2D eigenvalue weighted by molar-refractivity contribution is 5.98. The molecule has 1 saturated heterocycles. The highest BCUT2D eigenvalue weighted by atomic mass is 16.5. The molecule has 2 aromatic carbocycles. The molecule has 2 atom stereocenters. The molecule has 0 saturated carbocycles. The molecule has 36 heavy (non-hydrogen) atoms. The number of nitrogens with zero attached hydrogens (tertiary/aromatic N) is 2. The standard InChI is InChI=1S/C29H36N4O3/c1-5-36-26-9-7-6-8-25(26)32-29(35)13-12-28(34)30-22-10-11-24-23(16-22)21(4)15-27(31-24)33-17-19(2)14-20(3)18-33/h6-11,15-16,19-20H,5,12-14,17-18H2,1-4H3,(H,30,34)(H,32,35)/t19-,20+. The van der Waals surface area contributed by atoms with Gasteiger partial charge in [-0.05, 0) is 74.1 Å². The maximum absolute atomic E-state index is 12.5. The van der Waals surface area contributed by atoms with Gasteiger partial charge in [0.05, 0.1) is 17.8 Å². The summed E-state index contributed by atoms with van der Waals surface area (Å²) < 4.78 is 5.54. The fourth-order valence-electron chi connectivity index (χ4n) is 4.98. The minimum absolute atomic E-state index is 0.0799. The third-order valence-electron chi connectivity index (χ3n) is 6.52. The Labute approximate surface area is 213 Å². The third-order valence-corrected chi connectivity index (χ3v) is 6.52. The fraction of sp³-hybridized carbons (Fsp3) is 0.414. The molecule has 1 aliphatic rings. The van der Waals surface area contributed by atoms with E-state index in [9.17, 15) is 9.59 Å². The number of benzene rings is 2. The summed E-state index contributed by atoms with van der Waals surface area (Å²) in [5, 5.41) is 6.76. The van der Waals surface area contributed by atoms with Crippen molar-refractivity contribution in [3.05, 3.63) is 54.1 Å². The van der Waals surface area contributed by atoms with Gasteiger partial charge in [-0.15, -0.1) is 0 Å². The minimum atomic E-state index is -0.232. The molecule has 190 valence electrons. The normalized spacial score (nSPS) is 17.6. The highest BCUT2D eigenvalue weighted by Crippen LogP contribution is 2.29. The van der Waals surface area contributed by atoms with Gasteiger partial charge >= 0.3 is 0 Å². The Morgan fingerprint density at radius 2 is 1.69 bits per heavy atom. The van der Waals surface area contributed by atoms with Crippen LogP contribution in [0.25, 0.3) is 10.9 Å². The van der Waals surface area contributed by atoms with E-state index in [1.807, 2.05) is 37.3 Å². The molecule has 0 bridgehead atoms. The average molecular weight is 489 g/mol. The van der Waals surface area contributed by atoms with Crippen molar-refractivity contribution in [2.75, 3.05) is 35.2 Å². The molecule has 0 aliphatic carbocycles. The largest absolute Gasteiger partial charge is 0.492 e. The van der Waals surface area contributed by atoms with E-state index in [0.29, 0.717) is 35.6 Å². The van der Waals surface area contributed by atoms with Gasteiger partial charge in [0.2, 0.25) is 11.8 Å². The fourth-order valence-corrected chi connectivity index (χ4v) is 4.98. The quantitative estimate of drug-likeness (QED) is 0.420. The van der Waals surface area contributed by atoms with Gasteiger partial charge in [-0.2, -0.15) is 0 Å². The van der Waals surface area contributed by atoms with Crippen LogP contribution in [0, 0.1) is 18.8 Å². The summed E-state index contributed by atoms with van der Waals surface area (Å²) in [6, 6.07) is 15.2. The van der Waals surface area contributed by atoms with E-state index in [2.05, 4.69) is 42.4 Å². The molecule has 0 unspecified atom stereocenters. The van der Waals surface area contributed by atoms with E-state index in [4.69, 9.17) is 9.72 Å². The van der Waals surface area contributed by atoms with Crippen LogP contribution in [-0.4, -0.2) is 36.5 Å². The van der Waals surface area contributed by atoms with Gasteiger partial charge in [0.25, 0.3) is 0 Å². The Bertz CT molecular complexity index is 1230. The zero-order chi connectivity index (χ0) is 25.7. The van der Waals surface area contributed by atoms with Gasteiger partial charge in [-0.25, -0.2) is 4.98 Å². The van der Waals surface area contributed by atoms with Gasteiger partial charge < -0.3 is 20.3 Å². The van der Waals surface area contributed by atoms with E-state index in [1.165, 1.54) is 6.42 Å². The lowest BCUT2D eigenvalue weighted by Crippen LogP contribution is -2.39. The molecule has 2 N–H and O–H groups in total. The molecule has 0 spiro atoms. The van der Waals surface area contributed by atoms with Crippen molar-refractivity contribution >= 4 is 39.9 Å². The van der Waals surface area contributed by atoms with Gasteiger partial charge in [0.1, 0.15) is 11.6 Å². The number of piperidine rings is 1. The first-order valence-corrected chi connectivity index (χ1v) is 12.8. The van der Waals surface area contributed by atoms with Crippen molar-refractivity contribution in [1.29, 1.82) is 0 Å². The number of para-hydroxylation sites is 2. The Balaban J connectivity index is 1.37. The van der Waals surface area contributed by atoms with Crippen molar-refractivity contribution in [2.45, 2.75) is 47.0 Å². The molecule has 7 heteroatoms. The number of hydrogen-bond donors (Lipinski definition) is 2. The van der Waals surface area contributed by atoms with Gasteiger partial charge in [0.15, 0.2) is 0 Å². The Hall–Kier alpha value is -3.61. The number of aryl methyl sites for hydroxylation is 1. The first-order chi connectivity index (χ1) is 17.3. The van der Waals surface area contributed by atoms with Crippen LogP contribution in [-0.2, 0) is 9.59 Å². The van der Waals surface area contributed by atoms with Crippen molar-refractivity contribution < 1.29 is 14.3 Å². The van der Waals surface area contributed by atoms with E-state index in [1.54, 1.807) is 12.1 Å². The number of carbonyl (C=O) groups excluding carboxylic acids is 2. The molecule has 0 radical (unpaired) electrons. The van der Waals surface area contributed by atoms with Crippen LogP contribution in [0.1, 0.15) is 45.6 Å². The molecule has 1 fully saturated rings. The van der Waals surface area contributed by atoms with Crippen molar-refractivity contribution in [3.8, 4) is 5.75 Å². The summed E-state index contributed by atoms with van der Waals surface area (Å²) in [6.45, 7) is 11.1. The SMILES string of the molecule is CCOc1ccccc1NC(=O)CCC(=O)Nc1ccc2nc(N3C[C@H](C)C[C@H](C)C3)cc(C)c2c1. The first-order valence-electron chi connectivity index (χ1n) is 12.8. The van der Waals surface area contributed by atoms with Crippen molar-refractivity contribution in [2.24, 2.45) is 11.8 Å². The molecule has 3 aromatic rings. The molecular formula is C29H36N4O3. The van der Waals surface area contributed by atoms with E-state index in [0.717, 1.165) is 35.4 Å². The molecule has 2 heterocycles. The number of ether oxygens (including phenoxy) is 1. The average Bonchev–Trinajstić information content (AvgIpc) is 2.84. The van der Waals surface area contributed by atoms with Gasteiger partial charge in [-0.3, -0.25) is 9.59 Å². The second-order valence-electron chi connectivity index (χ2n) is 9.91. The number of aromatic nitrogens is 1. The van der Waals surface area contributed by atoms with Crippen molar-refractivity contribution in [3.63, 3.8) is 0 Å².